The van der Waals surface area contributed by atoms with Crippen LogP contribution in [0.4, 0.5) is 4.39 Å². The van der Waals surface area contributed by atoms with Gasteiger partial charge in [-0.2, -0.15) is 0 Å². The second kappa shape index (κ2) is 7.59. The first-order chi connectivity index (χ1) is 12.5. The van der Waals surface area contributed by atoms with Crippen molar-refractivity contribution in [1.29, 1.82) is 0 Å². The minimum atomic E-state index is -0.700. The molecule has 9 heteroatoms. The van der Waals surface area contributed by atoms with Crippen molar-refractivity contribution in [1.82, 2.24) is 30.4 Å². The van der Waals surface area contributed by atoms with E-state index in [9.17, 15) is 14.0 Å². The molecule has 1 N–H and O–H groups in total. The topological polar surface area (TPSA) is 93.0 Å². The van der Waals surface area contributed by atoms with E-state index in [4.69, 9.17) is 0 Å². The molecule has 2 atom stereocenters. The zero-order valence-electron chi connectivity index (χ0n) is 14.7. The summed E-state index contributed by atoms with van der Waals surface area (Å²) >= 11 is 0. The molecule has 0 aliphatic carbocycles. The lowest BCUT2D eigenvalue weighted by Crippen LogP contribution is -2.43. The van der Waals surface area contributed by atoms with Crippen LogP contribution in [0.1, 0.15) is 30.3 Å². The maximum atomic E-state index is 13.5. The van der Waals surface area contributed by atoms with Gasteiger partial charge in [0.05, 0.1) is 0 Å². The number of tetrazole rings is 1. The molecule has 3 rings (SSSR count). The number of hydrogen-bond donors (Lipinski definition) is 1. The maximum Gasteiger partial charge on any atom is 0.245 e. The first-order valence-corrected chi connectivity index (χ1v) is 8.48. The zero-order chi connectivity index (χ0) is 18.7. The Balaban J connectivity index is 1.73. The summed E-state index contributed by atoms with van der Waals surface area (Å²) in [5.41, 5.74) is 0.674. The second-order valence-corrected chi connectivity index (χ2v) is 6.46. The number of benzene rings is 1. The number of hydrogen-bond acceptors (Lipinski definition) is 5. The van der Waals surface area contributed by atoms with Crippen LogP contribution in [-0.4, -0.2) is 56.6 Å². The summed E-state index contributed by atoms with van der Waals surface area (Å²) in [5, 5.41) is 14.2. The highest BCUT2D eigenvalue weighted by molar-refractivity contribution is 5.81. The lowest BCUT2D eigenvalue weighted by atomic mass is 10.0. The number of rotatable bonds is 6. The molecule has 1 saturated heterocycles. The van der Waals surface area contributed by atoms with Crippen LogP contribution < -0.4 is 5.32 Å². The predicted molar refractivity (Wildman–Crippen MR) is 90.5 cm³/mol. The van der Waals surface area contributed by atoms with Crippen molar-refractivity contribution in [2.24, 2.45) is 0 Å². The van der Waals surface area contributed by atoms with E-state index < -0.39 is 6.04 Å². The Kier molecular flexibility index (Phi) is 5.24. The average molecular weight is 360 g/mol. The van der Waals surface area contributed by atoms with Gasteiger partial charge in [-0.3, -0.25) is 9.59 Å². The average Bonchev–Trinajstić information content (AvgIpc) is 3.17. The number of halogens is 1. The van der Waals surface area contributed by atoms with Gasteiger partial charge in [-0.1, -0.05) is 12.1 Å². The molecule has 0 radical (unpaired) electrons. The van der Waals surface area contributed by atoms with Gasteiger partial charge in [0.1, 0.15) is 17.7 Å². The summed E-state index contributed by atoms with van der Waals surface area (Å²) in [6.07, 6.45) is 1.47. The molecule has 1 aromatic carbocycles. The molecule has 8 nitrogen and oxygen atoms in total. The van der Waals surface area contributed by atoms with E-state index >= 15 is 0 Å². The summed E-state index contributed by atoms with van der Waals surface area (Å²) in [6.45, 7) is 2.07. The number of likely N-dealkylation sites (tertiary alicyclic amines) is 1. The Morgan fingerprint density at radius 2 is 2.27 bits per heavy atom. The third kappa shape index (κ3) is 3.87. The van der Waals surface area contributed by atoms with Gasteiger partial charge in [0.15, 0.2) is 0 Å². The smallest absolute Gasteiger partial charge is 0.245 e. The van der Waals surface area contributed by atoms with Crippen LogP contribution in [0.15, 0.2) is 24.3 Å². The largest absolute Gasteiger partial charge is 0.352 e. The molecule has 1 aliphatic heterocycles. The fourth-order valence-electron chi connectivity index (χ4n) is 3.14. The number of nitrogens with one attached hydrogen (secondary N) is 1. The quantitative estimate of drug-likeness (QED) is 0.816. The van der Waals surface area contributed by atoms with Crippen LogP contribution in [0.2, 0.25) is 0 Å². The molecule has 0 spiro atoms. The third-order valence-electron chi connectivity index (χ3n) is 4.72. The number of amides is 2. The van der Waals surface area contributed by atoms with Crippen LogP contribution in [-0.2, 0) is 16.0 Å². The van der Waals surface area contributed by atoms with Crippen molar-refractivity contribution < 1.29 is 14.0 Å². The fourth-order valence-corrected chi connectivity index (χ4v) is 3.14. The molecule has 26 heavy (non-hydrogen) atoms. The Hall–Kier alpha value is -2.84. The Labute approximate surface area is 150 Å². The number of aryl methyl sites for hydroxylation is 1. The third-order valence-corrected chi connectivity index (χ3v) is 4.72. The number of likely N-dealkylation sites (N-methyl/N-ethyl adjacent to an activating group) is 1. The van der Waals surface area contributed by atoms with E-state index in [0.29, 0.717) is 30.8 Å². The van der Waals surface area contributed by atoms with Gasteiger partial charge in [0.2, 0.25) is 11.8 Å². The zero-order valence-corrected chi connectivity index (χ0v) is 14.7. The maximum absolute atomic E-state index is 13.5. The molecular weight excluding hydrogens is 339 g/mol. The number of nitrogens with zero attached hydrogens (tertiary/aromatic N) is 5. The lowest BCUT2D eigenvalue weighted by molar-refractivity contribution is -0.129. The van der Waals surface area contributed by atoms with E-state index in [1.54, 1.807) is 31.0 Å². The van der Waals surface area contributed by atoms with Crippen LogP contribution in [0, 0.1) is 12.7 Å². The Bertz CT molecular complexity index is 808. The van der Waals surface area contributed by atoms with Crippen LogP contribution >= 0.6 is 0 Å². The standard InChI is InChI=1S/C17H21FN6O2/c1-11-20-21-22-24(11)15(9-12-4-3-5-13(18)8-12)17(26)19-10-14-6-7-16(25)23(14)2/h3-5,8,14-15H,6-7,9-10H2,1-2H3,(H,19,26). The van der Waals surface area contributed by atoms with E-state index in [-0.39, 0.29) is 30.1 Å². The highest BCUT2D eigenvalue weighted by atomic mass is 19.1. The van der Waals surface area contributed by atoms with Gasteiger partial charge in [0.25, 0.3) is 0 Å². The molecule has 2 unspecified atom stereocenters. The molecule has 2 amide bonds. The van der Waals surface area contributed by atoms with Crippen LogP contribution in [0.5, 0.6) is 0 Å². The first kappa shape index (κ1) is 18.0. The Morgan fingerprint density at radius 3 is 2.88 bits per heavy atom. The molecule has 0 saturated carbocycles. The molecule has 1 aromatic heterocycles. The summed E-state index contributed by atoms with van der Waals surface area (Å²) in [4.78, 5) is 26.1. The molecule has 2 heterocycles. The fraction of sp³-hybridized carbons (Fsp3) is 0.471. The van der Waals surface area contributed by atoms with Gasteiger partial charge in [-0.25, -0.2) is 9.07 Å². The van der Waals surface area contributed by atoms with Gasteiger partial charge >= 0.3 is 0 Å². The van der Waals surface area contributed by atoms with Crippen molar-refractivity contribution in [3.63, 3.8) is 0 Å². The number of carbonyl (C=O) groups is 2. The monoisotopic (exact) mass is 360 g/mol. The number of aromatic nitrogens is 4. The molecule has 1 fully saturated rings. The van der Waals surface area contributed by atoms with E-state index in [2.05, 4.69) is 20.8 Å². The van der Waals surface area contributed by atoms with Crippen molar-refractivity contribution in [2.75, 3.05) is 13.6 Å². The predicted octanol–water partition coefficient (Wildman–Crippen LogP) is 0.641. The highest BCUT2D eigenvalue weighted by Crippen LogP contribution is 2.18. The van der Waals surface area contributed by atoms with Crippen LogP contribution in [0.25, 0.3) is 0 Å². The van der Waals surface area contributed by atoms with Crippen molar-refractivity contribution >= 4 is 11.8 Å². The first-order valence-electron chi connectivity index (χ1n) is 8.48. The molecule has 2 aromatic rings. The Morgan fingerprint density at radius 1 is 1.46 bits per heavy atom. The minimum Gasteiger partial charge on any atom is -0.352 e. The molecule has 138 valence electrons. The van der Waals surface area contributed by atoms with Crippen LogP contribution in [0.3, 0.4) is 0 Å². The highest BCUT2D eigenvalue weighted by Gasteiger charge is 2.30. The van der Waals surface area contributed by atoms with E-state index in [0.717, 1.165) is 0 Å². The SMILES string of the molecule is Cc1nnnn1C(Cc1cccc(F)c1)C(=O)NCC1CCC(=O)N1C. The number of carbonyl (C=O) groups excluding carboxylic acids is 2. The lowest BCUT2D eigenvalue weighted by Gasteiger charge is -2.22. The molecule has 0 bridgehead atoms. The minimum absolute atomic E-state index is 0.0174. The van der Waals surface area contributed by atoms with Gasteiger partial charge in [-0.05, 0) is 41.5 Å². The van der Waals surface area contributed by atoms with Gasteiger partial charge < -0.3 is 10.2 Å². The van der Waals surface area contributed by atoms with E-state index in [1.807, 2.05) is 0 Å². The molecular formula is C17H21FN6O2. The summed E-state index contributed by atoms with van der Waals surface area (Å²) in [6, 6.07) is 5.39. The second-order valence-electron chi connectivity index (χ2n) is 6.46. The normalized spacial score (nSPS) is 18.2. The van der Waals surface area contributed by atoms with E-state index in [1.165, 1.54) is 16.8 Å². The molecule has 1 aliphatic rings. The van der Waals surface area contributed by atoms with Gasteiger partial charge in [-0.15, -0.1) is 5.10 Å². The van der Waals surface area contributed by atoms with Crippen molar-refractivity contribution in [3.05, 3.63) is 41.5 Å². The van der Waals surface area contributed by atoms with Crippen molar-refractivity contribution in [2.45, 2.75) is 38.3 Å². The van der Waals surface area contributed by atoms with Gasteiger partial charge in [0, 0.05) is 32.5 Å². The van der Waals surface area contributed by atoms with Crippen molar-refractivity contribution in [3.8, 4) is 0 Å². The summed E-state index contributed by atoms with van der Waals surface area (Å²) in [5.74, 6) is -0.0507. The summed E-state index contributed by atoms with van der Waals surface area (Å²) in [7, 11) is 1.74. The summed E-state index contributed by atoms with van der Waals surface area (Å²) < 4.78 is 14.9.